The summed E-state index contributed by atoms with van der Waals surface area (Å²) in [6.07, 6.45) is 0.617. The number of rotatable bonds is 5. The average molecular weight is 369 g/mol. The van der Waals surface area contributed by atoms with Crippen molar-refractivity contribution in [1.29, 1.82) is 0 Å². The first kappa shape index (κ1) is 19.6. The van der Waals surface area contributed by atoms with E-state index in [1.165, 1.54) is 6.07 Å². The Morgan fingerprint density at radius 3 is 2.52 bits per heavy atom. The van der Waals surface area contributed by atoms with Gasteiger partial charge in [0, 0.05) is 12.6 Å². The third-order valence-corrected chi connectivity index (χ3v) is 4.50. The Morgan fingerprint density at radius 1 is 1.39 bits per heavy atom. The van der Waals surface area contributed by atoms with Crippen molar-refractivity contribution in [2.24, 2.45) is 5.14 Å². The van der Waals surface area contributed by atoms with Gasteiger partial charge in [-0.05, 0) is 38.1 Å². The SMILES string of the molecule is Cl.NS(=O)(=O)c1ccc(NCC2(F)CCNCC2)c([N+](=O)[O-])c1. The van der Waals surface area contributed by atoms with Gasteiger partial charge in [-0.25, -0.2) is 17.9 Å². The summed E-state index contributed by atoms with van der Waals surface area (Å²) in [5.74, 6) is 0. The van der Waals surface area contributed by atoms with Crippen LogP contribution in [0.15, 0.2) is 23.1 Å². The molecular formula is C12H18ClFN4O4S. The smallest absolute Gasteiger partial charge is 0.293 e. The molecule has 8 nitrogen and oxygen atoms in total. The van der Waals surface area contributed by atoms with Crippen molar-refractivity contribution < 1.29 is 17.7 Å². The summed E-state index contributed by atoms with van der Waals surface area (Å²) in [6.45, 7) is 1.01. The number of hydrogen-bond acceptors (Lipinski definition) is 6. The Balaban J connectivity index is 0.00000264. The molecule has 11 heteroatoms. The summed E-state index contributed by atoms with van der Waals surface area (Å²) < 4.78 is 37.0. The summed E-state index contributed by atoms with van der Waals surface area (Å²) in [5, 5.41) is 21.7. The quantitative estimate of drug-likeness (QED) is 0.528. The van der Waals surface area contributed by atoms with Crippen molar-refractivity contribution in [2.45, 2.75) is 23.4 Å². The molecule has 0 spiro atoms. The fraction of sp³-hybridized carbons (Fsp3) is 0.500. The molecular weight excluding hydrogens is 351 g/mol. The van der Waals surface area contributed by atoms with E-state index in [1.807, 2.05) is 0 Å². The Bertz CT molecular complexity index is 680. The number of nitro groups is 1. The van der Waals surface area contributed by atoms with E-state index in [4.69, 9.17) is 5.14 Å². The highest BCUT2D eigenvalue weighted by atomic mass is 35.5. The van der Waals surface area contributed by atoms with Gasteiger partial charge in [-0.1, -0.05) is 0 Å². The van der Waals surface area contributed by atoms with Crippen LogP contribution in [0.1, 0.15) is 12.8 Å². The summed E-state index contributed by atoms with van der Waals surface area (Å²) in [7, 11) is -4.04. The molecule has 0 radical (unpaired) electrons. The highest BCUT2D eigenvalue weighted by molar-refractivity contribution is 7.89. The highest BCUT2D eigenvalue weighted by Gasteiger charge is 2.32. The van der Waals surface area contributed by atoms with E-state index < -0.39 is 26.3 Å². The van der Waals surface area contributed by atoms with Crippen LogP contribution in [0.2, 0.25) is 0 Å². The molecule has 4 N–H and O–H groups in total. The zero-order chi connectivity index (χ0) is 16.4. The van der Waals surface area contributed by atoms with Crippen LogP contribution < -0.4 is 15.8 Å². The second kappa shape index (κ2) is 7.39. The van der Waals surface area contributed by atoms with Gasteiger partial charge < -0.3 is 10.6 Å². The molecule has 0 unspecified atom stereocenters. The maximum atomic E-state index is 14.5. The van der Waals surface area contributed by atoms with Crippen molar-refractivity contribution in [1.82, 2.24) is 5.32 Å². The predicted octanol–water partition coefficient (Wildman–Crippen LogP) is 1.17. The largest absolute Gasteiger partial charge is 0.376 e. The van der Waals surface area contributed by atoms with Crippen LogP contribution in [-0.4, -0.2) is 38.6 Å². The number of piperidine rings is 1. The van der Waals surface area contributed by atoms with Crippen molar-refractivity contribution >= 4 is 33.8 Å². The van der Waals surface area contributed by atoms with Gasteiger partial charge in [0.15, 0.2) is 0 Å². The molecule has 0 amide bonds. The van der Waals surface area contributed by atoms with E-state index in [2.05, 4.69) is 10.6 Å². The van der Waals surface area contributed by atoms with E-state index >= 15 is 0 Å². The van der Waals surface area contributed by atoms with Crippen molar-refractivity contribution in [3.05, 3.63) is 28.3 Å². The highest BCUT2D eigenvalue weighted by Crippen LogP contribution is 2.29. The molecule has 2 rings (SSSR count). The fourth-order valence-electron chi connectivity index (χ4n) is 2.29. The first-order chi connectivity index (χ1) is 10.2. The monoisotopic (exact) mass is 368 g/mol. The molecule has 1 heterocycles. The number of primary sulfonamides is 1. The first-order valence-electron chi connectivity index (χ1n) is 6.66. The summed E-state index contributed by atoms with van der Waals surface area (Å²) in [6, 6.07) is 3.24. The van der Waals surface area contributed by atoms with E-state index in [9.17, 15) is 22.9 Å². The van der Waals surface area contributed by atoms with E-state index in [-0.39, 0.29) is 29.5 Å². The van der Waals surface area contributed by atoms with Crippen LogP contribution in [0, 0.1) is 10.1 Å². The maximum Gasteiger partial charge on any atom is 0.293 e. The molecule has 23 heavy (non-hydrogen) atoms. The minimum Gasteiger partial charge on any atom is -0.376 e. The molecule has 1 aliphatic heterocycles. The standard InChI is InChI=1S/C12H17FN4O4S.ClH/c13-12(3-5-15-6-4-12)8-16-10-2-1-9(22(14,20)21)7-11(10)17(18)19;/h1-2,7,15-16H,3-6,8H2,(H2,14,20,21);1H. The van der Waals surface area contributed by atoms with Gasteiger partial charge in [0.05, 0.1) is 9.82 Å². The second-order valence-corrected chi connectivity index (χ2v) is 6.80. The molecule has 1 saturated heterocycles. The number of alkyl halides is 1. The Labute approximate surface area is 139 Å². The molecule has 1 aliphatic rings. The van der Waals surface area contributed by atoms with E-state index in [0.29, 0.717) is 25.9 Å². The average Bonchev–Trinajstić information content (AvgIpc) is 2.44. The van der Waals surface area contributed by atoms with Crippen LogP contribution >= 0.6 is 12.4 Å². The summed E-state index contributed by atoms with van der Waals surface area (Å²) >= 11 is 0. The van der Waals surface area contributed by atoms with Crippen LogP contribution in [0.5, 0.6) is 0 Å². The number of nitro benzene ring substituents is 1. The number of hydrogen-bond donors (Lipinski definition) is 3. The fourth-order valence-corrected chi connectivity index (χ4v) is 2.83. The van der Waals surface area contributed by atoms with Crippen molar-refractivity contribution in [3.8, 4) is 0 Å². The van der Waals surface area contributed by atoms with Crippen LogP contribution in [0.3, 0.4) is 0 Å². The minimum absolute atomic E-state index is 0. The molecule has 0 aliphatic carbocycles. The maximum absolute atomic E-state index is 14.5. The summed E-state index contributed by atoms with van der Waals surface area (Å²) in [4.78, 5) is 9.97. The third kappa shape index (κ3) is 4.99. The normalized spacial score (nSPS) is 17.1. The zero-order valence-electron chi connectivity index (χ0n) is 12.1. The van der Waals surface area contributed by atoms with Gasteiger partial charge in [0.2, 0.25) is 10.0 Å². The van der Waals surface area contributed by atoms with Crippen LogP contribution in [0.25, 0.3) is 0 Å². The van der Waals surface area contributed by atoms with Gasteiger partial charge in [0.25, 0.3) is 5.69 Å². The van der Waals surface area contributed by atoms with Gasteiger partial charge in [-0.2, -0.15) is 0 Å². The lowest BCUT2D eigenvalue weighted by Gasteiger charge is -2.30. The van der Waals surface area contributed by atoms with Gasteiger partial charge in [-0.15, -0.1) is 12.4 Å². The number of nitrogens with one attached hydrogen (secondary N) is 2. The predicted molar refractivity (Wildman–Crippen MR) is 86.2 cm³/mol. The first-order valence-corrected chi connectivity index (χ1v) is 8.21. The Morgan fingerprint density at radius 2 is 2.00 bits per heavy atom. The molecule has 1 aromatic rings. The molecule has 1 aromatic carbocycles. The van der Waals surface area contributed by atoms with Gasteiger partial charge in [-0.3, -0.25) is 10.1 Å². The molecule has 130 valence electrons. The topological polar surface area (TPSA) is 127 Å². The lowest BCUT2D eigenvalue weighted by molar-refractivity contribution is -0.384. The number of anilines is 1. The van der Waals surface area contributed by atoms with Crippen molar-refractivity contribution in [2.75, 3.05) is 25.0 Å². The molecule has 0 atom stereocenters. The molecule has 1 fully saturated rings. The third-order valence-electron chi connectivity index (χ3n) is 3.59. The number of sulfonamides is 1. The van der Waals surface area contributed by atoms with Crippen LogP contribution in [-0.2, 0) is 10.0 Å². The van der Waals surface area contributed by atoms with E-state index in [1.54, 1.807) is 0 Å². The van der Waals surface area contributed by atoms with Gasteiger partial charge in [0.1, 0.15) is 11.4 Å². The number of nitrogens with two attached hydrogens (primary N) is 1. The number of nitrogens with zero attached hydrogens (tertiary/aromatic N) is 1. The molecule has 0 saturated carbocycles. The number of halogens is 2. The van der Waals surface area contributed by atoms with Gasteiger partial charge >= 0.3 is 0 Å². The molecule has 0 aromatic heterocycles. The Hall–Kier alpha value is -1.49. The lowest BCUT2D eigenvalue weighted by atomic mass is 9.94. The Kier molecular flexibility index (Phi) is 6.28. The van der Waals surface area contributed by atoms with Crippen molar-refractivity contribution in [3.63, 3.8) is 0 Å². The van der Waals surface area contributed by atoms with E-state index in [0.717, 1.165) is 12.1 Å². The van der Waals surface area contributed by atoms with Crippen LogP contribution in [0.4, 0.5) is 15.8 Å². The minimum atomic E-state index is -4.04. The molecule has 0 bridgehead atoms. The number of benzene rings is 1. The summed E-state index contributed by atoms with van der Waals surface area (Å²) in [5.41, 5.74) is -1.84. The second-order valence-electron chi connectivity index (χ2n) is 5.24. The lowest BCUT2D eigenvalue weighted by Crippen LogP contribution is -2.43. The zero-order valence-corrected chi connectivity index (χ0v) is 13.8.